The van der Waals surface area contributed by atoms with Crippen molar-refractivity contribution in [2.24, 2.45) is 0 Å². The van der Waals surface area contributed by atoms with Gasteiger partial charge in [-0.05, 0) is 12.2 Å². The van der Waals surface area contributed by atoms with E-state index in [1.807, 2.05) is 0 Å². The Bertz CT molecular complexity index is 37.9. The lowest BCUT2D eigenvalue weighted by Gasteiger charge is -1.98. The summed E-state index contributed by atoms with van der Waals surface area (Å²) in [6, 6.07) is 0. The van der Waals surface area contributed by atoms with Crippen LogP contribution >= 0.6 is 0 Å². The second kappa shape index (κ2) is 4.05. The molecule has 1 atom stereocenters. The number of hydrogen-bond donors (Lipinski definition) is 0. The van der Waals surface area contributed by atoms with E-state index in [1.54, 1.807) is 6.92 Å². The van der Waals surface area contributed by atoms with Crippen LogP contribution in [0.3, 0.4) is 0 Å². The zero-order chi connectivity index (χ0) is 5.70. The monoisotopic (exact) mass is 104 g/mol. The highest BCUT2D eigenvalue weighted by molar-refractivity contribution is 4.42. The molecule has 0 aromatic rings. The minimum Gasteiger partial charge on any atom is -0.237 e. The Morgan fingerprint density at radius 3 is 2.43 bits per heavy atom. The molecule has 3 nitrogen and oxygen atoms in total. The van der Waals surface area contributed by atoms with Crippen molar-refractivity contribution in [2.75, 3.05) is 6.61 Å². The third-order valence-electron chi connectivity index (χ3n) is 0.689. The van der Waals surface area contributed by atoms with E-state index < -0.39 is 6.10 Å². The van der Waals surface area contributed by atoms with E-state index in [-0.39, 0.29) is 6.61 Å². The van der Waals surface area contributed by atoms with Crippen LogP contribution in [0.2, 0.25) is 0 Å². The van der Waals surface area contributed by atoms with Crippen LogP contribution in [0.4, 0.5) is 0 Å². The van der Waals surface area contributed by atoms with Crippen molar-refractivity contribution in [3.8, 4) is 0 Å². The van der Waals surface area contributed by atoms with Crippen molar-refractivity contribution in [3.63, 3.8) is 0 Å². The summed E-state index contributed by atoms with van der Waals surface area (Å²) < 4.78 is 0. The van der Waals surface area contributed by atoms with Crippen molar-refractivity contribution in [2.45, 2.75) is 19.4 Å². The van der Waals surface area contributed by atoms with E-state index in [0.717, 1.165) is 0 Å². The molecule has 0 amide bonds. The summed E-state index contributed by atoms with van der Waals surface area (Å²) in [6.07, 6.45) is -0.110. The third-order valence-corrected chi connectivity index (χ3v) is 0.689. The largest absolute Gasteiger partial charge is 0.237 e. The molecule has 0 aliphatic rings. The van der Waals surface area contributed by atoms with Crippen molar-refractivity contribution in [1.82, 2.24) is 0 Å². The average Bonchev–Trinajstić information content (AvgIpc) is 1.68. The molecule has 0 spiro atoms. The van der Waals surface area contributed by atoms with Crippen LogP contribution in [-0.2, 0) is 15.3 Å². The maximum absolute atomic E-state index is 9.68. The van der Waals surface area contributed by atoms with Gasteiger partial charge in [-0.25, -0.2) is 9.99 Å². The molecule has 0 bridgehead atoms. The third kappa shape index (κ3) is 3.72. The summed E-state index contributed by atoms with van der Waals surface area (Å²) >= 11 is 0. The Kier molecular flexibility index (Phi) is 3.98. The summed E-state index contributed by atoms with van der Waals surface area (Å²) in [6.45, 7) is 1.34. The topological polar surface area (TPSA) is 49.0 Å². The number of hydrogen-bond acceptors (Lipinski definition) is 1. The summed E-state index contributed by atoms with van der Waals surface area (Å²) in [5, 5.41) is 19.1. The second-order valence-electron chi connectivity index (χ2n) is 1.40. The molecular formula is C4H8O3. The molecule has 3 heteroatoms. The molecule has 0 aromatic heterocycles. The molecule has 0 fully saturated rings. The van der Waals surface area contributed by atoms with Gasteiger partial charge < -0.3 is 0 Å². The smallest absolute Gasteiger partial charge is 0.0957 e. The first-order valence-electron chi connectivity index (χ1n) is 2.18. The first kappa shape index (κ1) is 6.88. The summed E-state index contributed by atoms with van der Waals surface area (Å²) in [4.78, 5) is 3.54. The molecule has 0 N–H and O–H groups in total. The lowest BCUT2D eigenvalue weighted by molar-refractivity contribution is -0.333. The van der Waals surface area contributed by atoms with E-state index >= 15 is 0 Å². The second-order valence-corrected chi connectivity index (χ2v) is 1.40. The summed E-state index contributed by atoms with van der Waals surface area (Å²) in [5.74, 6) is 0. The fraction of sp³-hybridized carbons (Fsp3) is 1.00. The quantitative estimate of drug-likeness (QED) is 0.381. The summed E-state index contributed by atoms with van der Waals surface area (Å²) in [7, 11) is 0. The number of rotatable bonds is 3. The lowest BCUT2D eigenvalue weighted by Crippen LogP contribution is -2.04. The van der Waals surface area contributed by atoms with Crippen LogP contribution in [0.1, 0.15) is 13.3 Å². The van der Waals surface area contributed by atoms with E-state index in [1.165, 1.54) is 0 Å². The van der Waals surface area contributed by atoms with Crippen LogP contribution in [0.15, 0.2) is 0 Å². The molecule has 1 unspecified atom stereocenters. The van der Waals surface area contributed by atoms with Gasteiger partial charge in [-0.2, -0.15) is 0 Å². The van der Waals surface area contributed by atoms with Crippen molar-refractivity contribution in [1.29, 1.82) is 0 Å². The van der Waals surface area contributed by atoms with Gasteiger partial charge in [0.15, 0.2) is 0 Å². The van der Waals surface area contributed by atoms with Gasteiger partial charge in [-0.15, -0.1) is 0 Å². The van der Waals surface area contributed by atoms with Gasteiger partial charge in [-0.3, -0.25) is 0 Å². The van der Waals surface area contributed by atoms with Gasteiger partial charge in [0.2, 0.25) is 0 Å². The van der Waals surface area contributed by atoms with E-state index in [0.29, 0.717) is 6.42 Å². The van der Waals surface area contributed by atoms with Gasteiger partial charge >= 0.3 is 0 Å². The predicted octanol–water partition coefficient (Wildman–Crippen LogP) is 0.558. The van der Waals surface area contributed by atoms with Crippen molar-refractivity contribution in [3.05, 3.63) is 0 Å². The maximum Gasteiger partial charge on any atom is 0.0957 e. The molecule has 0 aromatic carbocycles. The van der Waals surface area contributed by atoms with Gasteiger partial charge in [0.05, 0.1) is 12.7 Å². The zero-order valence-electron chi connectivity index (χ0n) is 4.22. The van der Waals surface area contributed by atoms with E-state index in [2.05, 4.69) is 4.89 Å². The molecule has 0 rings (SSSR count). The molecule has 0 saturated heterocycles. The average molecular weight is 104 g/mol. The minimum absolute atomic E-state index is 0.233. The van der Waals surface area contributed by atoms with Crippen molar-refractivity contribution >= 4 is 0 Å². The Balaban J connectivity index is 2.83. The highest BCUT2D eigenvalue weighted by Gasteiger charge is 1.98. The Hall–Kier alpha value is -0.120. The molecule has 0 saturated carbocycles. The predicted molar refractivity (Wildman–Crippen MR) is 21.4 cm³/mol. The standard InChI is InChI=1S/C4H8O3/c1-4(7-6)2-3-5/h4H,2-3H2,1H3. The molecule has 0 aliphatic heterocycles. The first-order chi connectivity index (χ1) is 3.31. The molecular weight excluding hydrogens is 96.0 g/mol. The van der Waals surface area contributed by atoms with Gasteiger partial charge in [-0.1, -0.05) is 0 Å². The molecule has 7 heavy (non-hydrogen) atoms. The fourth-order valence-electron chi connectivity index (χ4n) is 0.214. The van der Waals surface area contributed by atoms with Gasteiger partial charge in [0.1, 0.15) is 0 Å². The van der Waals surface area contributed by atoms with Crippen LogP contribution in [0.25, 0.3) is 0 Å². The Morgan fingerprint density at radius 1 is 1.71 bits per heavy atom. The zero-order valence-corrected chi connectivity index (χ0v) is 4.22. The molecule has 0 aliphatic carbocycles. The first-order valence-corrected chi connectivity index (χ1v) is 2.18. The van der Waals surface area contributed by atoms with E-state index in [4.69, 9.17) is 0 Å². The van der Waals surface area contributed by atoms with Crippen LogP contribution < -0.4 is 0 Å². The summed E-state index contributed by atoms with van der Waals surface area (Å²) in [5.41, 5.74) is 0. The van der Waals surface area contributed by atoms with Crippen LogP contribution in [0, 0.1) is 0 Å². The highest BCUT2D eigenvalue weighted by Crippen LogP contribution is 1.91. The normalized spacial score (nSPS) is 14.1. The minimum atomic E-state index is -0.419. The SMILES string of the molecule is CC(CC[O])O[O]. The Morgan fingerprint density at radius 2 is 2.29 bits per heavy atom. The maximum atomic E-state index is 9.68. The Labute approximate surface area is 42.5 Å². The van der Waals surface area contributed by atoms with Gasteiger partial charge in [0, 0.05) is 6.42 Å². The highest BCUT2D eigenvalue weighted by atomic mass is 17.1. The molecule has 2 radical (unpaired) electrons. The molecule has 42 valence electrons. The molecule has 0 heterocycles. The van der Waals surface area contributed by atoms with Gasteiger partial charge in [0.25, 0.3) is 0 Å². The van der Waals surface area contributed by atoms with Crippen LogP contribution in [-0.4, -0.2) is 12.7 Å². The van der Waals surface area contributed by atoms with E-state index in [9.17, 15) is 10.4 Å². The van der Waals surface area contributed by atoms with Crippen LogP contribution in [0.5, 0.6) is 0 Å². The lowest BCUT2D eigenvalue weighted by atomic mass is 10.3. The fourth-order valence-corrected chi connectivity index (χ4v) is 0.214. The van der Waals surface area contributed by atoms with Crippen molar-refractivity contribution < 1.29 is 15.3 Å².